The van der Waals surface area contributed by atoms with E-state index in [4.69, 9.17) is 23.2 Å². The van der Waals surface area contributed by atoms with Gasteiger partial charge in [-0.1, -0.05) is 35.0 Å². The molecule has 1 aromatic carbocycles. The fourth-order valence-corrected chi connectivity index (χ4v) is 2.95. The highest BCUT2D eigenvalue weighted by molar-refractivity contribution is 8.15. The maximum atomic E-state index is 12.1. The van der Waals surface area contributed by atoms with Crippen molar-refractivity contribution >= 4 is 63.3 Å². The summed E-state index contributed by atoms with van der Waals surface area (Å²) >= 11 is 13.0. The molecule has 122 valence electrons. The molecule has 1 fully saturated rings. The number of amides is 2. The lowest BCUT2D eigenvalue weighted by Crippen LogP contribution is -2.28. The maximum Gasteiger partial charge on any atom is 0.240 e. The van der Waals surface area contributed by atoms with Crippen LogP contribution >= 0.6 is 35.0 Å². The van der Waals surface area contributed by atoms with Crippen LogP contribution in [0.1, 0.15) is 20.3 Å². The van der Waals surface area contributed by atoms with E-state index in [1.165, 1.54) is 11.8 Å². The smallest absolute Gasteiger partial charge is 0.240 e. The number of rotatable bonds is 4. The first-order valence-electron chi connectivity index (χ1n) is 6.66. The summed E-state index contributed by atoms with van der Waals surface area (Å²) in [6.07, 6.45) is -0.00676. The van der Waals surface area contributed by atoms with Gasteiger partial charge < -0.3 is 10.6 Å². The number of carbonyl (C=O) groups excluding carboxylic acids is 2. The Balaban J connectivity index is 1.98. The lowest BCUT2D eigenvalue weighted by molar-refractivity contribution is -0.122. The van der Waals surface area contributed by atoms with Gasteiger partial charge >= 0.3 is 0 Å². The van der Waals surface area contributed by atoms with Crippen LogP contribution in [-0.2, 0) is 9.59 Å². The minimum Gasteiger partial charge on any atom is -0.325 e. The predicted octanol–water partition coefficient (Wildman–Crippen LogP) is 3.31. The molecule has 0 radical (unpaired) electrons. The average Bonchev–Trinajstić information content (AvgIpc) is 2.81. The van der Waals surface area contributed by atoms with Crippen molar-refractivity contribution in [1.29, 1.82) is 0 Å². The number of anilines is 1. The molecule has 2 amide bonds. The Labute approximate surface area is 147 Å². The van der Waals surface area contributed by atoms with Crippen molar-refractivity contribution in [2.75, 3.05) is 5.32 Å². The highest BCUT2D eigenvalue weighted by atomic mass is 35.5. The number of hydrogen-bond donors (Lipinski definition) is 2. The number of amidine groups is 1. The molecule has 0 unspecified atom stereocenters. The number of thioether (sulfide) groups is 1. The Kier molecular flexibility index (Phi) is 6.04. The average molecular weight is 373 g/mol. The number of benzene rings is 1. The van der Waals surface area contributed by atoms with Gasteiger partial charge in [-0.05, 0) is 32.0 Å². The molecular formula is C14H14Cl2N4O2S. The number of carbonyl (C=O) groups is 2. The second-order valence-electron chi connectivity index (χ2n) is 4.92. The van der Waals surface area contributed by atoms with Gasteiger partial charge in [0.05, 0.1) is 10.7 Å². The van der Waals surface area contributed by atoms with Crippen molar-refractivity contribution in [1.82, 2.24) is 5.32 Å². The quantitative estimate of drug-likeness (QED) is 0.628. The third-order valence-corrected chi connectivity index (χ3v) is 4.33. The zero-order valence-electron chi connectivity index (χ0n) is 12.4. The molecule has 1 atom stereocenters. The van der Waals surface area contributed by atoms with Gasteiger partial charge in [-0.15, -0.1) is 5.10 Å². The van der Waals surface area contributed by atoms with Gasteiger partial charge in [0.1, 0.15) is 5.25 Å². The van der Waals surface area contributed by atoms with Crippen molar-refractivity contribution in [3.63, 3.8) is 0 Å². The number of hydrogen-bond acceptors (Lipinski definition) is 5. The lowest BCUT2D eigenvalue weighted by atomic mass is 10.2. The van der Waals surface area contributed by atoms with Gasteiger partial charge in [-0.2, -0.15) is 5.10 Å². The zero-order chi connectivity index (χ0) is 17.0. The van der Waals surface area contributed by atoms with Crippen LogP contribution in [0.4, 0.5) is 5.69 Å². The van der Waals surface area contributed by atoms with Crippen LogP contribution < -0.4 is 10.6 Å². The summed E-state index contributed by atoms with van der Waals surface area (Å²) in [5, 5.41) is 13.7. The van der Waals surface area contributed by atoms with E-state index < -0.39 is 5.25 Å². The van der Waals surface area contributed by atoms with Crippen molar-refractivity contribution in [2.45, 2.75) is 25.5 Å². The van der Waals surface area contributed by atoms with Gasteiger partial charge in [0, 0.05) is 17.2 Å². The van der Waals surface area contributed by atoms with Crippen LogP contribution in [0.2, 0.25) is 10.0 Å². The van der Waals surface area contributed by atoms with Crippen LogP contribution in [0.3, 0.4) is 0 Å². The second kappa shape index (κ2) is 7.81. The summed E-state index contributed by atoms with van der Waals surface area (Å²) < 4.78 is 0. The molecule has 0 aromatic heterocycles. The minimum atomic E-state index is -0.556. The molecule has 1 aliphatic heterocycles. The first-order chi connectivity index (χ1) is 10.8. The summed E-state index contributed by atoms with van der Waals surface area (Å²) in [5.74, 6) is -0.608. The molecule has 6 nitrogen and oxygen atoms in total. The molecule has 0 spiro atoms. The van der Waals surface area contributed by atoms with Gasteiger partial charge in [-0.25, -0.2) is 0 Å². The summed E-state index contributed by atoms with van der Waals surface area (Å²) in [5.41, 5.74) is 1.18. The van der Waals surface area contributed by atoms with E-state index >= 15 is 0 Å². The maximum absolute atomic E-state index is 12.1. The van der Waals surface area contributed by atoms with Crippen molar-refractivity contribution in [3.05, 3.63) is 28.2 Å². The van der Waals surface area contributed by atoms with Crippen molar-refractivity contribution in [2.24, 2.45) is 10.2 Å². The largest absolute Gasteiger partial charge is 0.325 e. The number of nitrogens with zero attached hydrogens (tertiary/aromatic N) is 2. The molecule has 2 N–H and O–H groups in total. The first-order valence-corrected chi connectivity index (χ1v) is 8.30. The Bertz CT molecular complexity index is 702. The van der Waals surface area contributed by atoms with E-state index in [2.05, 4.69) is 20.8 Å². The van der Waals surface area contributed by atoms with E-state index in [-0.39, 0.29) is 18.2 Å². The van der Waals surface area contributed by atoms with E-state index in [0.717, 1.165) is 5.71 Å². The van der Waals surface area contributed by atoms with Crippen LogP contribution in [0, 0.1) is 0 Å². The molecule has 1 aromatic rings. The van der Waals surface area contributed by atoms with Crippen LogP contribution in [0.5, 0.6) is 0 Å². The van der Waals surface area contributed by atoms with E-state index in [9.17, 15) is 9.59 Å². The molecule has 1 heterocycles. The minimum absolute atomic E-state index is 0.00676. The summed E-state index contributed by atoms with van der Waals surface area (Å²) in [7, 11) is 0. The third-order valence-electron chi connectivity index (χ3n) is 2.69. The van der Waals surface area contributed by atoms with Crippen molar-refractivity contribution < 1.29 is 9.59 Å². The van der Waals surface area contributed by atoms with Crippen molar-refractivity contribution in [3.8, 4) is 0 Å². The number of nitrogens with one attached hydrogen (secondary N) is 2. The molecule has 1 aliphatic rings. The fraction of sp³-hybridized carbons (Fsp3) is 0.286. The predicted molar refractivity (Wildman–Crippen MR) is 95.4 cm³/mol. The summed E-state index contributed by atoms with van der Waals surface area (Å²) in [6, 6.07) is 4.76. The number of halogens is 2. The molecular weight excluding hydrogens is 359 g/mol. The topological polar surface area (TPSA) is 82.9 Å². The van der Waals surface area contributed by atoms with Crippen LogP contribution in [0.15, 0.2) is 28.4 Å². The SMILES string of the molecule is CC(C)=N/N=C1/NC(=O)[C@@H](CC(=O)Nc2cc(Cl)ccc2Cl)S1. The molecule has 0 saturated carbocycles. The monoisotopic (exact) mass is 372 g/mol. The standard InChI is InChI=1S/C14H14Cl2N4O2S/c1-7(2)19-20-14-18-13(22)11(23-14)6-12(21)17-10-5-8(15)3-4-9(10)16/h3-5,11H,6H2,1-2H3,(H,17,21)(H,18,20,22)/t11-/m1/s1. The Hall–Kier alpha value is -1.57. The lowest BCUT2D eigenvalue weighted by Gasteiger charge is -2.09. The normalized spacial score (nSPS) is 18.7. The summed E-state index contributed by atoms with van der Waals surface area (Å²) in [6.45, 7) is 3.59. The Morgan fingerprint density at radius 3 is 2.83 bits per heavy atom. The molecule has 23 heavy (non-hydrogen) atoms. The van der Waals surface area contributed by atoms with Gasteiger partial charge in [0.25, 0.3) is 0 Å². The molecule has 1 saturated heterocycles. The summed E-state index contributed by atoms with van der Waals surface area (Å²) in [4.78, 5) is 23.9. The third kappa shape index (κ3) is 5.23. The Morgan fingerprint density at radius 2 is 2.13 bits per heavy atom. The molecule has 9 heteroatoms. The van der Waals surface area contributed by atoms with Crippen LogP contribution in [-0.4, -0.2) is 27.9 Å². The van der Waals surface area contributed by atoms with Gasteiger partial charge in [0.15, 0.2) is 5.17 Å². The second-order valence-corrected chi connectivity index (χ2v) is 6.96. The highest BCUT2D eigenvalue weighted by Crippen LogP contribution is 2.27. The fourth-order valence-electron chi connectivity index (χ4n) is 1.69. The first kappa shape index (κ1) is 17.8. The highest BCUT2D eigenvalue weighted by Gasteiger charge is 2.32. The molecule has 2 rings (SSSR count). The van der Waals surface area contributed by atoms with E-state index in [1.807, 2.05) is 0 Å². The van der Waals surface area contributed by atoms with E-state index in [0.29, 0.717) is 20.9 Å². The van der Waals surface area contributed by atoms with Gasteiger partial charge in [0.2, 0.25) is 11.8 Å². The zero-order valence-corrected chi connectivity index (χ0v) is 14.7. The molecule has 0 bridgehead atoms. The van der Waals surface area contributed by atoms with E-state index in [1.54, 1.807) is 32.0 Å². The Morgan fingerprint density at radius 1 is 1.39 bits per heavy atom. The van der Waals surface area contributed by atoms with Crippen LogP contribution in [0.25, 0.3) is 0 Å². The van der Waals surface area contributed by atoms with Gasteiger partial charge in [-0.3, -0.25) is 9.59 Å². The molecule has 0 aliphatic carbocycles.